The Kier molecular flexibility index (Phi) is 4.85. The van der Waals surface area contributed by atoms with E-state index in [-0.39, 0.29) is 11.7 Å². The zero-order valence-electron chi connectivity index (χ0n) is 15.4. The Hall–Kier alpha value is -3.54. The van der Waals surface area contributed by atoms with Gasteiger partial charge in [-0.15, -0.1) is 5.10 Å². The third kappa shape index (κ3) is 3.76. The number of rotatable bonds is 5. The van der Waals surface area contributed by atoms with Crippen LogP contribution in [-0.4, -0.2) is 32.8 Å². The Morgan fingerprint density at radius 2 is 1.64 bits per heavy atom. The van der Waals surface area contributed by atoms with Gasteiger partial charge in [-0.3, -0.25) is 4.79 Å². The number of hydrogen-bond acceptors (Lipinski definition) is 3. The molecule has 1 aromatic heterocycles. The first-order valence-corrected chi connectivity index (χ1v) is 8.97. The van der Waals surface area contributed by atoms with Gasteiger partial charge in [-0.2, -0.15) is 0 Å². The summed E-state index contributed by atoms with van der Waals surface area (Å²) in [6, 6.07) is 21.5. The first-order chi connectivity index (χ1) is 13.6. The summed E-state index contributed by atoms with van der Waals surface area (Å²) in [7, 11) is 1.74. The van der Waals surface area contributed by atoms with Crippen LogP contribution in [0.2, 0.25) is 0 Å². The van der Waals surface area contributed by atoms with Crippen LogP contribution in [0.25, 0.3) is 11.0 Å². The minimum atomic E-state index is -0.284. The van der Waals surface area contributed by atoms with E-state index < -0.39 is 0 Å². The van der Waals surface area contributed by atoms with Gasteiger partial charge in [0.1, 0.15) is 11.3 Å². The van der Waals surface area contributed by atoms with Crippen LogP contribution in [0.3, 0.4) is 0 Å². The summed E-state index contributed by atoms with van der Waals surface area (Å²) in [4.78, 5) is 14.3. The molecule has 5 nitrogen and oxygen atoms in total. The fourth-order valence-electron chi connectivity index (χ4n) is 3.12. The van der Waals surface area contributed by atoms with Gasteiger partial charge in [0, 0.05) is 19.2 Å². The molecule has 0 atom stereocenters. The van der Waals surface area contributed by atoms with E-state index in [0.717, 1.165) is 22.2 Å². The van der Waals surface area contributed by atoms with Gasteiger partial charge in [0.05, 0.1) is 12.1 Å². The maximum atomic E-state index is 13.0. The van der Waals surface area contributed by atoms with Gasteiger partial charge in [0.15, 0.2) is 0 Å². The van der Waals surface area contributed by atoms with Gasteiger partial charge >= 0.3 is 0 Å². The van der Waals surface area contributed by atoms with Crippen LogP contribution in [0, 0.1) is 5.82 Å². The highest BCUT2D eigenvalue weighted by Crippen LogP contribution is 2.14. The van der Waals surface area contributed by atoms with Crippen LogP contribution < -0.4 is 0 Å². The molecule has 0 aliphatic carbocycles. The van der Waals surface area contributed by atoms with Gasteiger partial charge in [-0.05, 0) is 47.5 Å². The predicted molar refractivity (Wildman–Crippen MR) is 105 cm³/mol. The van der Waals surface area contributed by atoms with E-state index >= 15 is 0 Å². The number of amides is 1. The lowest BCUT2D eigenvalue weighted by Crippen LogP contribution is -2.26. The predicted octanol–water partition coefficient (Wildman–Crippen LogP) is 3.89. The summed E-state index contributed by atoms with van der Waals surface area (Å²) >= 11 is 0. The molecule has 0 aliphatic rings. The van der Waals surface area contributed by atoms with Crippen molar-refractivity contribution in [1.29, 1.82) is 0 Å². The molecule has 0 N–H and O–H groups in total. The highest BCUT2D eigenvalue weighted by atomic mass is 19.1. The monoisotopic (exact) mass is 374 g/mol. The van der Waals surface area contributed by atoms with E-state index in [9.17, 15) is 9.18 Å². The molecule has 0 radical (unpaired) electrons. The molecule has 0 saturated carbocycles. The van der Waals surface area contributed by atoms with Crippen molar-refractivity contribution in [1.82, 2.24) is 19.9 Å². The molecule has 0 unspecified atom stereocenters. The summed E-state index contributed by atoms with van der Waals surface area (Å²) in [5.74, 6) is -0.365. The highest BCUT2D eigenvalue weighted by Gasteiger charge is 2.12. The largest absolute Gasteiger partial charge is 0.337 e. The van der Waals surface area contributed by atoms with E-state index in [1.165, 1.54) is 12.1 Å². The fraction of sp³-hybridized carbons (Fsp3) is 0.136. The molecular formula is C22H19FN4O. The first kappa shape index (κ1) is 17.9. The smallest absolute Gasteiger partial charge is 0.253 e. The molecule has 0 fully saturated rings. The Morgan fingerprint density at radius 1 is 0.964 bits per heavy atom. The summed E-state index contributed by atoms with van der Waals surface area (Å²) in [6.45, 7) is 1.01. The van der Waals surface area contributed by atoms with Gasteiger partial charge in [-0.1, -0.05) is 41.6 Å². The second kappa shape index (κ2) is 7.60. The van der Waals surface area contributed by atoms with Crippen molar-refractivity contribution in [3.8, 4) is 0 Å². The summed E-state index contributed by atoms with van der Waals surface area (Å²) in [5, 5.41) is 8.35. The van der Waals surface area contributed by atoms with Gasteiger partial charge in [0.25, 0.3) is 5.91 Å². The van der Waals surface area contributed by atoms with Crippen LogP contribution in [0.5, 0.6) is 0 Å². The number of fused-ring (bicyclic) bond motifs is 1. The molecule has 3 aromatic carbocycles. The molecule has 28 heavy (non-hydrogen) atoms. The lowest BCUT2D eigenvalue weighted by molar-refractivity contribution is 0.0785. The molecule has 0 saturated heterocycles. The van der Waals surface area contributed by atoms with E-state index in [2.05, 4.69) is 10.3 Å². The fourth-order valence-corrected chi connectivity index (χ4v) is 3.12. The van der Waals surface area contributed by atoms with Crippen molar-refractivity contribution in [3.63, 3.8) is 0 Å². The molecule has 0 aliphatic heterocycles. The summed E-state index contributed by atoms with van der Waals surface area (Å²) in [5.41, 5.74) is 4.36. The maximum Gasteiger partial charge on any atom is 0.253 e. The normalized spacial score (nSPS) is 10.9. The second-order valence-corrected chi connectivity index (χ2v) is 6.72. The first-order valence-electron chi connectivity index (χ1n) is 8.97. The topological polar surface area (TPSA) is 51.0 Å². The third-order valence-electron chi connectivity index (χ3n) is 4.63. The van der Waals surface area contributed by atoms with Crippen molar-refractivity contribution in [2.45, 2.75) is 13.1 Å². The molecule has 4 aromatic rings. The van der Waals surface area contributed by atoms with Gasteiger partial charge in [0.2, 0.25) is 0 Å². The summed E-state index contributed by atoms with van der Waals surface area (Å²) < 4.78 is 14.9. The van der Waals surface area contributed by atoms with E-state index in [1.807, 2.05) is 53.2 Å². The van der Waals surface area contributed by atoms with E-state index in [1.54, 1.807) is 24.1 Å². The Balaban J connectivity index is 1.44. The van der Waals surface area contributed by atoms with Crippen LogP contribution in [0.1, 0.15) is 21.5 Å². The number of carbonyl (C=O) groups is 1. The van der Waals surface area contributed by atoms with Crippen molar-refractivity contribution < 1.29 is 9.18 Å². The van der Waals surface area contributed by atoms with Crippen LogP contribution in [0.15, 0.2) is 72.8 Å². The van der Waals surface area contributed by atoms with Crippen molar-refractivity contribution >= 4 is 16.9 Å². The van der Waals surface area contributed by atoms with E-state index in [0.29, 0.717) is 18.7 Å². The van der Waals surface area contributed by atoms with Crippen LogP contribution >= 0.6 is 0 Å². The number of aromatic nitrogens is 3. The molecule has 1 heterocycles. The quantitative estimate of drug-likeness (QED) is 0.533. The minimum Gasteiger partial charge on any atom is -0.337 e. The molecular weight excluding hydrogens is 355 g/mol. The molecule has 0 spiro atoms. The van der Waals surface area contributed by atoms with Gasteiger partial charge in [-0.25, -0.2) is 9.07 Å². The Labute approximate surface area is 162 Å². The maximum absolute atomic E-state index is 13.0. The lowest BCUT2D eigenvalue weighted by Gasteiger charge is -2.17. The SMILES string of the molecule is CN(Cc1ccc(F)cc1)C(=O)c1ccc(Cn2nnc3ccccc32)cc1. The van der Waals surface area contributed by atoms with Crippen molar-refractivity contribution in [2.75, 3.05) is 7.05 Å². The van der Waals surface area contributed by atoms with Crippen LogP contribution in [-0.2, 0) is 13.1 Å². The number of halogens is 1. The Bertz CT molecular complexity index is 1100. The average molecular weight is 374 g/mol. The zero-order chi connectivity index (χ0) is 19.5. The molecule has 4 rings (SSSR count). The average Bonchev–Trinajstić information content (AvgIpc) is 3.13. The summed E-state index contributed by atoms with van der Waals surface area (Å²) in [6.07, 6.45) is 0. The zero-order valence-corrected chi connectivity index (χ0v) is 15.4. The van der Waals surface area contributed by atoms with Crippen LogP contribution in [0.4, 0.5) is 4.39 Å². The lowest BCUT2D eigenvalue weighted by atomic mass is 10.1. The highest BCUT2D eigenvalue weighted by molar-refractivity contribution is 5.94. The minimum absolute atomic E-state index is 0.0814. The number of benzene rings is 3. The van der Waals surface area contributed by atoms with Crippen molar-refractivity contribution in [2.24, 2.45) is 0 Å². The standard InChI is InChI=1S/C22H19FN4O/c1-26(14-16-8-12-19(23)13-9-16)22(28)18-10-6-17(7-11-18)15-27-21-5-3-2-4-20(21)24-25-27/h2-13H,14-15H2,1H3. The Morgan fingerprint density at radius 3 is 2.39 bits per heavy atom. The van der Waals surface area contributed by atoms with Gasteiger partial charge < -0.3 is 4.90 Å². The number of hydrogen-bond donors (Lipinski definition) is 0. The number of carbonyl (C=O) groups excluding carboxylic acids is 1. The molecule has 0 bridgehead atoms. The number of nitrogens with zero attached hydrogens (tertiary/aromatic N) is 4. The number of para-hydroxylation sites is 1. The van der Waals surface area contributed by atoms with E-state index in [4.69, 9.17) is 0 Å². The molecule has 1 amide bonds. The third-order valence-corrected chi connectivity index (χ3v) is 4.63. The molecule has 140 valence electrons. The molecule has 6 heteroatoms. The second-order valence-electron chi connectivity index (χ2n) is 6.72. The van der Waals surface area contributed by atoms with Crippen molar-refractivity contribution in [3.05, 3.63) is 95.3 Å².